The summed E-state index contributed by atoms with van der Waals surface area (Å²) in [5.74, 6) is 2.52. The number of nitrogens with zero attached hydrogens (tertiary/aromatic N) is 2. The van der Waals surface area contributed by atoms with Crippen LogP contribution < -0.4 is 10.6 Å². The van der Waals surface area contributed by atoms with Gasteiger partial charge < -0.3 is 15.5 Å². The highest BCUT2D eigenvalue weighted by Gasteiger charge is 2.21. The SMILES string of the molecule is CN=C(NCCCCC(C)C)NCC1CCCN(C(C)C)C1. The first-order chi connectivity index (χ1) is 10.5. The number of hydrogen-bond acceptors (Lipinski definition) is 2. The molecule has 1 heterocycles. The third kappa shape index (κ3) is 8.02. The van der Waals surface area contributed by atoms with Gasteiger partial charge in [-0.05, 0) is 51.5 Å². The van der Waals surface area contributed by atoms with Crippen molar-refractivity contribution in [2.75, 3.05) is 33.2 Å². The van der Waals surface area contributed by atoms with Crippen LogP contribution in [0.2, 0.25) is 0 Å². The molecule has 1 aliphatic rings. The topological polar surface area (TPSA) is 39.7 Å². The van der Waals surface area contributed by atoms with E-state index in [1.165, 1.54) is 45.2 Å². The summed E-state index contributed by atoms with van der Waals surface area (Å²) in [6, 6.07) is 0.668. The van der Waals surface area contributed by atoms with Crippen LogP contribution >= 0.6 is 0 Å². The van der Waals surface area contributed by atoms with Gasteiger partial charge in [0.1, 0.15) is 0 Å². The van der Waals surface area contributed by atoms with E-state index in [-0.39, 0.29) is 0 Å². The number of rotatable bonds is 8. The average Bonchev–Trinajstić information content (AvgIpc) is 2.50. The summed E-state index contributed by atoms with van der Waals surface area (Å²) in [5.41, 5.74) is 0. The van der Waals surface area contributed by atoms with Crippen LogP contribution in [0.3, 0.4) is 0 Å². The number of hydrogen-bond donors (Lipinski definition) is 2. The molecule has 0 aromatic rings. The third-order valence-electron chi connectivity index (χ3n) is 4.56. The standard InChI is InChI=1S/C18H38N4/c1-15(2)9-6-7-11-20-18(19-5)21-13-17-10-8-12-22(14-17)16(3)4/h15-17H,6-14H2,1-5H3,(H2,19,20,21). The highest BCUT2D eigenvalue weighted by Crippen LogP contribution is 2.17. The molecule has 1 rings (SSSR count). The van der Waals surface area contributed by atoms with Gasteiger partial charge in [-0.1, -0.05) is 26.7 Å². The lowest BCUT2D eigenvalue weighted by Crippen LogP contribution is -2.46. The fourth-order valence-corrected chi connectivity index (χ4v) is 3.08. The maximum atomic E-state index is 4.34. The van der Waals surface area contributed by atoms with E-state index in [4.69, 9.17) is 0 Å². The van der Waals surface area contributed by atoms with Crippen molar-refractivity contribution in [3.63, 3.8) is 0 Å². The smallest absolute Gasteiger partial charge is 0.190 e. The van der Waals surface area contributed by atoms with E-state index in [2.05, 4.69) is 48.2 Å². The molecule has 0 amide bonds. The molecule has 4 nitrogen and oxygen atoms in total. The van der Waals surface area contributed by atoms with Crippen molar-refractivity contribution in [3.8, 4) is 0 Å². The number of unbranched alkanes of at least 4 members (excludes halogenated alkanes) is 1. The van der Waals surface area contributed by atoms with Gasteiger partial charge in [-0.15, -0.1) is 0 Å². The minimum atomic E-state index is 0.668. The first-order valence-electron chi connectivity index (χ1n) is 9.21. The predicted molar refractivity (Wildman–Crippen MR) is 97.5 cm³/mol. The van der Waals surface area contributed by atoms with E-state index < -0.39 is 0 Å². The van der Waals surface area contributed by atoms with E-state index in [9.17, 15) is 0 Å². The van der Waals surface area contributed by atoms with E-state index in [0.29, 0.717) is 6.04 Å². The second kappa shape index (κ2) is 10.9. The molecule has 1 aliphatic heterocycles. The summed E-state index contributed by atoms with van der Waals surface area (Å²) in [4.78, 5) is 6.94. The van der Waals surface area contributed by atoms with Crippen LogP contribution in [0.15, 0.2) is 4.99 Å². The van der Waals surface area contributed by atoms with Crippen LogP contribution in [-0.2, 0) is 0 Å². The lowest BCUT2D eigenvalue weighted by atomic mass is 9.97. The molecule has 1 unspecified atom stereocenters. The van der Waals surface area contributed by atoms with E-state index in [0.717, 1.165) is 30.9 Å². The predicted octanol–water partition coefficient (Wildman–Crippen LogP) is 3.10. The fourth-order valence-electron chi connectivity index (χ4n) is 3.08. The molecule has 0 saturated carbocycles. The summed E-state index contributed by atoms with van der Waals surface area (Å²) in [6.07, 6.45) is 6.51. The lowest BCUT2D eigenvalue weighted by molar-refractivity contribution is 0.141. The largest absolute Gasteiger partial charge is 0.356 e. The minimum absolute atomic E-state index is 0.668. The zero-order valence-electron chi connectivity index (χ0n) is 15.5. The first kappa shape index (κ1) is 19.3. The van der Waals surface area contributed by atoms with Gasteiger partial charge in [-0.25, -0.2) is 0 Å². The normalized spacial score (nSPS) is 20.7. The number of aliphatic imine (C=N–C) groups is 1. The monoisotopic (exact) mass is 310 g/mol. The molecule has 4 heteroatoms. The number of guanidine groups is 1. The fraction of sp³-hybridized carbons (Fsp3) is 0.944. The van der Waals surface area contributed by atoms with Crippen molar-refractivity contribution < 1.29 is 0 Å². The third-order valence-corrected chi connectivity index (χ3v) is 4.56. The van der Waals surface area contributed by atoms with E-state index in [1.54, 1.807) is 0 Å². The molecule has 0 aromatic carbocycles. The van der Waals surface area contributed by atoms with Crippen molar-refractivity contribution in [3.05, 3.63) is 0 Å². The first-order valence-corrected chi connectivity index (χ1v) is 9.21. The Morgan fingerprint density at radius 1 is 1.18 bits per heavy atom. The Morgan fingerprint density at radius 3 is 2.59 bits per heavy atom. The van der Waals surface area contributed by atoms with Gasteiger partial charge in [-0.3, -0.25) is 4.99 Å². The Balaban J connectivity index is 2.18. The van der Waals surface area contributed by atoms with Crippen molar-refractivity contribution in [2.24, 2.45) is 16.8 Å². The van der Waals surface area contributed by atoms with Crippen LogP contribution in [0.4, 0.5) is 0 Å². The summed E-state index contributed by atoms with van der Waals surface area (Å²) in [6.45, 7) is 13.7. The molecular formula is C18H38N4. The molecule has 1 fully saturated rings. The molecule has 0 aromatic heterocycles. The Morgan fingerprint density at radius 2 is 1.95 bits per heavy atom. The van der Waals surface area contributed by atoms with Gasteiger partial charge in [0.05, 0.1) is 0 Å². The average molecular weight is 311 g/mol. The van der Waals surface area contributed by atoms with Crippen LogP contribution in [0, 0.1) is 11.8 Å². The zero-order chi connectivity index (χ0) is 16.4. The number of nitrogens with one attached hydrogen (secondary N) is 2. The molecule has 0 spiro atoms. The van der Waals surface area contributed by atoms with Gasteiger partial charge in [0.15, 0.2) is 5.96 Å². The number of likely N-dealkylation sites (tertiary alicyclic amines) is 1. The number of piperidine rings is 1. The quantitative estimate of drug-likeness (QED) is 0.411. The van der Waals surface area contributed by atoms with Crippen LogP contribution in [-0.4, -0.2) is 50.1 Å². The zero-order valence-corrected chi connectivity index (χ0v) is 15.5. The molecule has 1 atom stereocenters. The Labute approximate surface area is 138 Å². The van der Waals surface area contributed by atoms with Crippen molar-refractivity contribution in [2.45, 2.75) is 65.8 Å². The second-order valence-electron chi connectivity index (χ2n) is 7.37. The summed E-state index contributed by atoms with van der Waals surface area (Å²) in [7, 11) is 1.87. The van der Waals surface area contributed by atoms with Gasteiger partial charge >= 0.3 is 0 Å². The molecule has 1 saturated heterocycles. The van der Waals surface area contributed by atoms with Crippen molar-refractivity contribution in [1.82, 2.24) is 15.5 Å². The highest BCUT2D eigenvalue weighted by molar-refractivity contribution is 5.79. The van der Waals surface area contributed by atoms with Crippen LogP contribution in [0.1, 0.15) is 59.8 Å². The highest BCUT2D eigenvalue weighted by atomic mass is 15.2. The molecule has 0 bridgehead atoms. The summed E-state index contributed by atoms with van der Waals surface area (Å²) >= 11 is 0. The van der Waals surface area contributed by atoms with Gasteiger partial charge in [0.2, 0.25) is 0 Å². The van der Waals surface area contributed by atoms with Gasteiger partial charge in [-0.2, -0.15) is 0 Å². The van der Waals surface area contributed by atoms with Gasteiger partial charge in [0, 0.05) is 32.7 Å². The molecular weight excluding hydrogens is 272 g/mol. The lowest BCUT2D eigenvalue weighted by Gasteiger charge is -2.35. The Kier molecular flexibility index (Phi) is 9.53. The van der Waals surface area contributed by atoms with E-state index >= 15 is 0 Å². The molecule has 22 heavy (non-hydrogen) atoms. The molecule has 0 aliphatic carbocycles. The van der Waals surface area contributed by atoms with Crippen molar-refractivity contribution in [1.29, 1.82) is 0 Å². The summed E-state index contributed by atoms with van der Waals surface area (Å²) < 4.78 is 0. The molecule has 0 radical (unpaired) electrons. The van der Waals surface area contributed by atoms with Crippen molar-refractivity contribution >= 4 is 5.96 Å². The van der Waals surface area contributed by atoms with Crippen LogP contribution in [0.25, 0.3) is 0 Å². The van der Waals surface area contributed by atoms with Gasteiger partial charge in [0.25, 0.3) is 0 Å². The Hall–Kier alpha value is -0.770. The van der Waals surface area contributed by atoms with Crippen LogP contribution in [0.5, 0.6) is 0 Å². The summed E-state index contributed by atoms with van der Waals surface area (Å²) in [5, 5.41) is 6.95. The maximum Gasteiger partial charge on any atom is 0.190 e. The second-order valence-corrected chi connectivity index (χ2v) is 7.37. The maximum absolute atomic E-state index is 4.34. The molecule has 2 N–H and O–H groups in total. The minimum Gasteiger partial charge on any atom is -0.356 e. The van der Waals surface area contributed by atoms with E-state index in [1.807, 2.05) is 7.05 Å². The Bertz CT molecular complexity index is 312. The molecule has 130 valence electrons.